The van der Waals surface area contributed by atoms with Gasteiger partial charge in [0.25, 0.3) is 0 Å². The zero-order chi connectivity index (χ0) is 15.8. The van der Waals surface area contributed by atoms with Crippen LogP contribution in [0.3, 0.4) is 0 Å². The van der Waals surface area contributed by atoms with Crippen molar-refractivity contribution in [2.24, 2.45) is 5.92 Å². The van der Waals surface area contributed by atoms with Crippen LogP contribution in [0.5, 0.6) is 5.75 Å². The predicted octanol–water partition coefficient (Wildman–Crippen LogP) is 5.69. The number of hydrogen-bond acceptors (Lipinski definition) is 3. The molecule has 3 heteroatoms. The van der Waals surface area contributed by atoms with Crippen molar-refractivity contribution in [2.75, 3.05) is 6.61 Å². The Hall–Kier alpha value is -1.51. The molecule has 2 rings (SSSR count). The molecule has 122 valence electrons. The highest BCUT2D eigenvalue weighted by Crippen LogP contribution is 2.26. The molecule has 22 heavy (non-hydrogen) atoms. The normalized spacial score (nSPS) is 17.0. The number of carbonyl (C=O) groups is 1. The van der Waals surface area contributed by atoms with Gasteiger partial charge in [0.05, 0.1) is 6.61 Å². The fourth-order valence-corrected chi connectivity index (χ4v) is 3.01. The van der Waals surface area contributed by atoms with Crippen LogP contribution >= 0.6 is 0 Å². The van der Waals surface area contributed by atoms with Gasteiger partial charge in [-0.2, -0.15) is 0 Å². The topological polar surface area (TPSA) is 35.5 Å². The molecule has 1 aliphatic carbocycles. The molecular formula is C19H28O3. The lowest BCUT2D eigenvalue weighted by Gasteiger charge is -2.20. The van der Waals surface area contributed by atoms with Crippen LogP contribution < -0.4 is 4.74 Å². The van der Waals surface area contributed by atoms with Gasteiger partial charge in [0.1, 0.15) is 5.75 Å². The minimum absolute atomic E-state index is 0.467. The van der Waals surface area contributed by atoms with E-state index in [0.29, 0.717) is 18.3 Å². The second-order valence-corrected chi connectivity index (χ2v) is 6.37. The number of carbonyl (C=O) groups excluding carboxylic acids is 1. The van der Waals surface area contributed by atoms with Crippen molar-refractivity contribution in [2.45, 2.75) is 64.7 Å². The highest BCUT2D eigenvalue weighted by Gasteiger charge is 2.14. The molecule has 1 unspecified atom stereocenters. The van der Waals surface area contributed by atoms with E-state index in [1.54, 1.807) is 0 Å². The van der Waals surface area contributed by atoms with E-state index in [1.165, 1.54) is 37.7 Å². The highest BCUT2D eigenvalue weighted by atomic mass is 16.7. The Kier molecular flexibility index (Phi) is 6.75. The van der Waals surface area contributed by atoms with Gasteiger partial charge in [-0.25, -0.2) is 4.79 Å². The van der Waals surface area contributed by atoms with Gasteiger partial charge in [-0.3, -0.25) is 0 Å². The second kappa shape index (κ2) is 8.82. The van der Waals surface area contributed by atoms with Crippen LogP contribution in [0.25, 0.3) is 0 Å². The van der Waals surface area contributed by atoms with Crippen LogP contribution in [0.1, 0.15) is 70.3 Å². The monoisotopic (exact) mass is 304 g/mol. The first-order valence-electron chi connectivity index (χ1n) is 8.63. The Balaban J connectivity index is 1.70. The second-order valence-electron chi connectivity index (χ2n) is 6.37. The van der Waals surface area contributed by atoms with Crippen LogP contribution in [-0.4, -0.2) is 12.8 Å². The first kappa shape index (κ1) is 16.9. The fraction of sp³-hybridized carbons (Fsp3) is 0.632. The molecular weight excluding hydrogens is 276 g/mol. The molecule has 0 bridgehead atoms. The fourth-order valence-electron chi connectivity index (χ4n) is 3.01. The van der Waals surface area contributed by atoms with Crippen molar-refractivity contribution in [3.8, 4) is 5.75 Å². The van der Waals surface area contributed by atoms with E-state index in [4.69, 9.17) is 9.47 Å². The zero-order valence-corrected chi connectivity index (χ0v) is 13.8. The lowest BCUT2D eigenvalue weighted by atomic mass is 9.87. The molecule has 1 atom stereocenters. The maximum atomic E-state index is 11.7. The molecule has 0 heterocycles. The Morgan fingerprint density at radius 1 is 1.18 bits per heavy atom. The van der Waals surface area contributed by atoms with E-state index in [-0.39, 0.29) is 0 Å². The molecule has 1 saturated carbocycles. The van der Waals surface area contributed by atoms with Crippen molar-refractivity contribution < 1.29 is 14.3 Å². The van der Waals surface area contributed by atoms with Crippen LogP contribution in [0, 0.1) is 5.92 Å². The molecule has 0 radical (unpaired) electrons. The average Bonchev–Trinajstić information content (AvgIpc) is 2.56. The van der Waals surface area contributed by atoms with Gasteiger partial charge in [-0.05, 0) is 42.4 Å². The van der Waals surface area contributed by atoms with E-state index < -0.39 is 6.16 Å². The summed E-state index contributed by atoms with van der Waals surface area (Å²) in [5, 5.41) is 0. The van der Waals surface area contributed by atoms with Crippen LogP contribution in [0.4, 0.5) is 4.79 Å². The lowest BCUT2D eigenvalue weighted by Crippen LogP contribution is -2.15. The average molecular weight is 304 g/mol. The summed E-state index contributed by atoms with van der Waals surface area (Å²) >= 11 is 0. The molecule has 0 N–H and O–H groups in total. The minimum Gasteiger partial charge on any atom is -0.434 e. The third-order valence-corrected chi connectivity index (χ3v) is 4.73. The number of rotatable bonds is 6. The summed E-state index contributed by atoms with van der Waals surface area (Å²) < 4.78 is 10.4. The highest BCUT2D eigenvalue weighted by molar-refractivity contribution is 5.63. The largest absolute Gasteiger partial charge is 0.513 e. The van der Waals surface area contributed by atoms with Crippen LogP contribution in [-0.2, 0) is 4.74 Å². The summed E-state index contributed by atoms with van der Waals surface area (Å²) in [5.74, 6) is 1.79. The van der Waals surface area contributed by atoms with Gasteiger partial charge in [-0.15, -0.1) is 0 Å². The number of benzene rings is 1. The molecule has 0 aliphatic heterocycles. The lowest BCUT2D eigenvalue weighted by molar-refractivity contribution is 0.0911. The molecule has 0 saturated heterocycles. The predicted molar refractivity (Wildman–Crippen MR) is 88.3 cm³/mol. The molecule has 1 aromatic rings. The Labute approximate surface area is 134 Å². The smallest absolute Gasteiger partial charge is 0.434 e. The summed E-state index contributed by atoms with van der Waals surface area (Å²) in [7, 11) is 0. The zero-order valence-electron chi connectivity index (χ0n) is 13.8. The molecule has 1 aliphatic rings. The van der Waals surface area contributed by atoms with Gasteiger partial charge in [0.15, 0.2) is 0 Å². The van der Waals surface area contributed by atoms with E-state index >= 15 is 0 Å². The SMILES string of the molecule is CCC(C)c1ccc(OC(=O)OCCC2CCCCC2)cc1. The van der Waals surface area contributed by atoms with E-state index in [1.807, 2.05) is 24.3 Å². The first-order chi connectivity index (χ1) is 10.7. The maximum absolute atomic E-state index is 11.7. The Morgan fingerprint density at radius 2 is 1.86 bits per heavy atom. The molecule has 1 aromatic carbocycles. The minimum atomic E-state index is -0.591. The van der Waals surface area contributed by atoms with E-state index in [0.717, 1.165) is 18.8 Å². The van der Waals surface area contributed by atoms with Gasteiger partial charge in [0, 0.05) is 0 Å². The number of hydrogen-bond donors (Lipinski definition) is 0. The van der Waals surface area contributed by atoms with Crippen molar-refractivity contribution in [1.29, 1.82) is 0 Å². The molecule has 1 fully saturated rings. The molecule has 3 nitrogen and oxygen atoms in total. The van der Waals surface area contributed by atoms with Crippen molar-refractivity contribution >= 4 is 6.16 Å². The Bertz CT molecular complexity index is 446. The van der Waals surface area contributed by atoms with Gasteiger partial charge >= 0.3 is 6.16 Å². The molecule has 0 amide bonds. The van der Waals surface area contributed by atoms with Crippen LogP contribution in [0.15, 0.2) is 24.3 Å². The van der Waals surface area contributed by atoms with Crippen molar-refractivity contribution in [1.82, 2.24) is 0 Å². The molecule has 0 spiro atoms. The number of ether oxygens (including phenoxy) is 2. The quantitative estimate of drug-likeness (QED) is 0.500. The first-order valence-corrected chi connectivity index (χ1v) is 8.63. The summed E-state index contributed by atoms with van der Waals surface area (Å²) in [4.78, 5) is 11.7. The summed E-state index contributed by atoms with van der Waals surface area (Å²) in [6, 6.07) is 7.70. The van der Waals surface area contributed by atoms with Gasteiger partial charge < -0.3 is 9.47 Å². The van der Waals surface area contributed by atoms with E-state index in [9.17, 15) is 4.79 Å². The van der Waals surface area contributed by atoms with Gasteiger partial charge in [-0.1, -0.05) is 58.1 Å². The molecule has 0 aromatic heterocycles. The summed E-state index contributed by atoms with van der Waals surface area (Å²) in [6.07, 6.45) is 8.00. The maximum Gasteiger partial charge on any atom is 0.513 e. The third kappa shape index (κ3) is 5.36. The van der Waals surface area contributed by atoms with Crippen LogP contribution in [0.2, 0.25) is 0 Å². The standard InChI is InChI=1S/C19H28O3/c1-3-15(2)17-9-11-18(12-10-17)22-19(20)21-14-13-16-7-5-4-6-8-16/h9-12,15-16H,3-8,13-14H2,1-2H3. The van der Waals surface area contributed by atoms with E-state index in [2.05, 4.69) is 13.8 Å². The van der Waals surface area contributed by atoms with Gasteiger partial charge in [0.2, 0.25) is 0 Å². The Morgan fingerprint density at radius 3 is 2.50 bits per heavy atom. The summed E-state index contributed by atoms with van der Waals surface area (Å²) in [6.45, 7) is 4.82. The summed E-state index contributed by atoms with van der Waals surface area (Å²) in [5.41, 5.74) is 1.26. The van der Waals surface area contributed by atoms with Crippen molar-refractivity contribution in [3.63, 3.8) is 0 Å². The third-order valence-electron chi connectivity index (χ3n) is 4.73. The van der Waals surface area contributed by atoms with Crippen molar-refractivity contribution in [3.05, 3.63) is 29.8 Å².